The Bertz CT molecular complexity index is 261. The predicted octanol–water partition coefficient (Wildman–Crippen LogP) is 2.63. The third-order valence-corrected chi connectivity index (χ3v) is 4.37. The molecule has 1 rings (SSSR count). The van der Waals surface area contributed by atoms with Crippen LogP contribution < -0.4 is 5.32 Å². The van der Waals surface area contributed by atoms with Crippen LogP contribution in [0.2, 0.25) is 0 Å². The lowest BCUT2D eigenvalue weighted by Gasteiger charge is -2.34. The molecular formula is C14H27ClN2O. The zero-order valence-electron chi connectivity index (χ0n) is 12.0. The van der Waals surface area contributed by atoms with Gasteiger partial charge in [0.2, 0.25) is 5.91 Å². The highest BCUT2D eigenvalue weighted by Crippen LogP contribution is 2.19. The first-order chi connectivity index (χ1) is 8.49. The second kappa shape index (κ2) is 7.34. The highest BCUT2D eigenvalue weighted by molar-refractivity contribution is 6.19. The summed E-state index contributed by atoms with van der Waals surface area (Å²) in [7, 11) is 0. The number of carbonyl (C=O) groups is 1. The molecule has 1 fully saturated rings. The Balaban J connectivity index is 2.29. The smallest absolute Gasteiger partial charge is 0.227 e. The third kappa shape index (κ3) is 4.77. The number of amides is 1. The molecule has 0 aliphatic carbocycles. The summed E-state index contributed by atoms with van der Waals surface area (Å²) in [6.07, 6.45) is 4.65. The van der Waals surface area contributed by atoms with Crippen LogP contribution in [0.4, 0.5) is 0 Å². The summed E-state index contributed by atoms with van der Waals surface area (Å²) < 4.78 is 0. The predicted molar refractivity (Wildman–Crippen MR) is 77.0 cm³/mol. The fraction of sp³-hybridized carbons (Fsp3) is 0.929. The van der Waals surface area contributed by atoms with Gasteiger partial charge in [-0.25, -0.2) is 0 Å². The summed E-state index contributed by atoms with van der Waals surface area (Å²) in [4.78, 5) is 14.5. The lowest BCUT2D eigenvalue weighted by molar-refractivity contribution is -0.129. The summed E-state index contributed by atoms with van der Waals surface area (Å²) in [5, 5.41) is 3.14. The summed E-state index contributed by atoms with van der Waals surface area (Å²) >= 11 is 5.82. The number of piperidine rings is 1. The molecule has 0 saturated carbocycles. The maximum absolute atomic E-state index is 12.0. The number of rotatable bonds is 6. The summed E-state index contributed by atoms with van der Waals surface area (Å²) in [6.45, 7) is 9.42. The topological polar surface area (TPSA) is 32.3 Å². The number of carbonyl (C=O) groups excluding carboxylic acids is 1. The molecule has 0 atom stereocenters. The van der Waals surface area contributed by atoms with Crippen LogP contribution in [0.1, 0.15) is 46.5 Å². The first-order valence-electron chi connectivity index (χ1n) is 7.09. The first kappa shape index (κ1) is 15.8. The van der Waals surface area contributed by atoms with Crippen LogP contribution in [0.3, 0.4) is 0 Å². The molecule has 1 amide bonds. The van der Waals surface area contributed by atoms with Gasteiger partial charge in [-0.05, 0) is 39.7 Å². The molecule has 0 aromatic carbocycles. The van der Waals surface area contributed by atoms with Crippen molar-refractivity contribution in [3.05, 3.63) is 0 Å². The fourth-order valence-electron chi connectivity index (χ4n) is 2.12. The van der Waals surface area contributed by atoms with Crippen molar-refractivity contribution in [2.45, 2.75) is 52.5 Å². The van der Waals surface area contributed by atoms with Crippen molar-refractivity contribution in [2.24, 2.45) is 5.41 Å². The second-order valence-electron chi connectivity index (χ2n) is 5.96. The molecule has 0 aromatic rings. The number of hydrogen-bond donors (Lipinski definition) is 1. The van der Waals surface area contributed by atoms with Crippen molar-refractivity contribution in [3.8, 4) is 0 Å². The molecule has 3 nitrogen and oxygen atoms in total. The van der Waals surface area contributed by atoms with Gasteiger partial charge < -0.3 is 10.2 Å². The van der Waals surface area contributed by atoms with E-state index >= 15 is 0 Å². The van der Waals surface area contributed by atoms with Crippen LogP contribution in [0, 0.1) is 5.41 Å². The van der Waals surface area contributed by atoms with Crippen LogP contribution in [0.15, 0.2) is 0 Å². The summed E-state index contributed by atoms with van der Waals surface area (Å²) in [6, 6.07) is 0.331. The van der Waals surface area contributed by atoms with Gasteiger partial charge in [0.1, 0.15) is 0 Å². The zero-order chi connectivity index (χ0) is 13.6. The number of nitrogens with zero attached hydrogens (tertiary/aromatic N) is 1. The Morgan fingerprint density at radius 1 is 1.39 bits per heavy atom. The van der Waals surface area contributed by atoms with E-state index in [-0.39, 0.29) is 5.91 Å². The van der Waals surface area contributed by atoms with Gasteiger partial charge in [0, 0.05) is 25.0 Å². The Kier molecular flexibility index (Phi) is 6.44. The van der Waals surface area contributed by atoms with E-state index in [2.05, 4.69) is 17.1 Å². The largest absolute Gasteiger partial charge is 0.353 e. The molecule has 18 heavy (non-hydrogen) atoms. The average molecular weight is 275 g/mol. The minimum absolute atomic E-state index is 0.0875. The molecule has 1 heterocycles. The normalized spacial score (nSPS) is 18.9. The van der Waals surface area contributed by atoms with Crippen LogP contribution in [-0.4, -0.2) is 42.4 Å². The molecule has 0 bridgehead atoms. The van der Waals surface area contributed by atoms with Gasteiger partial charge in [-0.15, -0.1) is 11.6 Å². The van der Waals surface area contributed by atoms with Crippen molar-refractivity contribution >= 4 is 17.5 Å². The molecule has 0 radical (unpaired) electrons. The lowest BCUT2D eigenvalue weighted by atomic mass is 9.93. The van der Waals surface area contributed by atoms with Crippen molar-refractivity contribution < 1.29 is 4.79 Å². The lowest BCUT2D eigenvalue weighted by Crippen LogP contribution is -2.48. The SMILES string of the molecule is CCCCN1CCC(NC(=O)C(C)(C)CCl)CC1. The maximum atomic E-state index is 12.0. The maximum Gasteiger partial charge on any atom is 0.227 e. The van der Waals surface area contributed by atoms with Gasteiger partial charge in [0.15, 0.2) is 0 Å². The minimum Gasteiger partial charge on any atom is -0.353 e. The molecule has 0 spiro atoms. The summed E-state index contributed by atoms with van der Waals surface area (Å²) in [5.41, 5.74) is -0.457. The van der Waals surface area contributed by atoms with E-state index < -0.39 is 5.41 Å². The Labute approximate surface area is 116 Å². The number of halogens is 1. The molecule has 1 aliphatic rings. The van der Waals surface area contributed by atoms with Gasteiger partial charge >= 0.3 is 0 Å². The van der Waals surface area contributed by atoms with Crippen LogP contribution in [-0.2, 0) is 4.79 Å². The highest BCUT2D eigenvalue weighted by atomic mass is 35.5. The number of nitrogens with one attached hydrogen (secondary N) is 1. The van der Waals surface area contributed by atoms with Gasteiger partial charge in [-0.1, -0.05) is 13.3 Å². The monoisotopic (exact) mass is 274 g/mol. The molecular weight excluding hydrogens is 248 g/mol. The third-order valence-electron chi connectivity index (χ3n) is 3.70. The zero-order valence-corrected chi connectivity index (χ0v) is 12.7. The number of hydrogen-bond acceptors (Lipinski definition) is 2. The van der Waals surface area contributed by atoms with Gasteiger partial charge in [-0.2, -0.15) is 0 Å². The fourth-order valence-corrected chi connectivity index (χ4v) is 2.25. The van der Waals surface area contributed by atoms with Gasteiger partial charge in [-0.3, -0.25) is 4.79 Å². The number of unbranched alkanes of at least 4 members (excludes halogenated alkanes) is 1. The van der Waals surface area contributed by atoms with E-state index in [1.54, 1.807) is 0 Å². The van der Waals surface area contributed by atoms with Crippen molar-refractivity contribution in [3.63, 3.8) is 0 Å². The van der Waals surface area contributed by atoms with Crippen molar-refractivity contribution in [1.82, 2.24) is 10.2 Å². The van der Waals surface area contributed by atoms with E-state index in [0.717, 1.165) is 25.9 Å². The van der Waals surface area contributed by atoms with E-state index in [4.69, 9.17) is 11.6 Å². The van der Waals surface area contributed by atoms with E-state index in [1.807, 2.05) is 13.8 Å². The molecule has 0 aromatic heterocycles. The van der Waals surface area contributed by atoms with E-state index in [0.29, 0.717) is 11.9 Å². The van der Waals surface area contributed by atoms with E-state index in [1.165, 1.54) is 19.4 Å². The molecule has 1 aliphatic heterocycles. The molecule has 106 valence electrons. The number of alkyl halides is 1. The first-order valence-corrected chi connectivity index (χ1v) is 7.62. The highest BCUT2D eigenvalue weighted by Gasteiger charge is 2.29. The Morgan fingerprint density at radius 2 is 2.00 bits per heavy atom. The molecule has 0 unspecified atom stereocenters. The van der Waals surface area contributed by atoms with E-state index in [9.17, 15) is 4.79 Å². The molecule has 1 N–H and O–H groups in total. The standard InChI is InChI=1S/C14H27ClN2O/c1-4-5-8-17-9-6-12(7-10-17)16-13(18)14(2,3)11-15/h12H,4-11H2,1-3H3,(H,16,18). The van der Waals surface area contributed by atoms with Crippen LogP contribution in [0.25, 0.3) is 0 Å². The minimum atomic E-state index is -0.457. The Morgan fingerprint density at radius 3 is 2.50 bits per heavy atom. The second-order valence-corrected chi connectivity index (χ2v) is 6.23. The summed E-state index contributed by atoms with van der Waals surface area (Å²) in [5.74, 6) is 0.457. The van der Waals surface area contributed by atoms with Gasteiger partial charge in [0.05, 0.1) is 5.41 Å². The van der Waals surface area contributed by atoms with Gasteiger partial charge in [0.25, 0.3) is 0 Å². The molecule has 4 heteroatoms. The van der Waals surface area contributed by atoms with Crippen LogP contribution in [0.5, 0.6) is 0 Å². The van der Waals surface area contributed by atoms with Crippen molar-refractivity contribution in [1.29, 1.82) is 0 Å². The quantitative estimate of drug-likeness (QED) is 0.755. The Hall–Kier alpha value is -0.280. The van der Waals surface area contributed by atoms with Crippen LogP contribution >= 0.6 is 11.6 Å². The average Bonchev–Trinajstić information content (AvgIpc) is 2.37. The number of likely N-dealkylation sites (tertiary alicyclic amines) is 1. The van der Waals surface area contributed by atoms with Crippen molar-refractivity contribution in [2.75, 3.05) is 25.5 Å². The molecule has 1 saturated heterocycles.